The number of aryl methyl sites for hydroxylation is 1. The van der Waals surface area contributed by atoms with Crippen LogP contribution in [0, 0.1) is 24.6 Å². The van der Waals surface area contributed by atoms with Gasteiger partial charge in [0.15, 0.2) is 0 Å². The summed E-state index contributed by atoms with van der Waals surface area (Å²) < 4.78 is 13.6. The van der Waals surface area contributed by atoms with Crippen molar-refractivity contribution < 1.29 is 9.18 Å². The van der Waals surface area contributed by atoms with Gasteiger partial charge in [0.25, 0.3) is 0 Å². The van der Waals surface area contributed by atoms with Gasteiger partial charge in [0.05, 0.1) is 11.6 Å². The van der Waals surface area contributed by atoms with Gasteiger partial charge >= 0.3 is 0 Å². The third-order valence-electron chi connectivity index (χ3n) is 3.32. The number of para-hydroxylation sites is 1. The molecule has 1 amide bonds. The SMILES string of the molecule is Cc1cccc(F)c1NC(=O)[C@@H]1CNC[C@H]1C. The van der Waals surface area contributed by atoms with Crippen LogP contribution in [0.5, 0.6) is 0 Å². The van der Waals surface area contributed by atoms with Gasteiger partial charge in [0.1, 0.15) is 5.82 Å². The molecule has 1 aliphatic rings. The fourth-order valence-corrected chi connectivity index (χ4v) is 2.17. The normalized spacial score (nSPS) is 23.7. The molecule has 4 heteroatoms. The predicted molar refractivity (Wildman–Crippen MR) is 65.3 cm³/mol. The van der Waals surface area contributed by atoms with Crippen LogP contribution in [0.3, 0.4) is 0 Å². The van der Waals surface area contributed by atoms with Crippen molar-refractivity contribution in [2.75, 3.05) is 18.4 Å². The molecule has 0 spiro atoms. The van der Waals surface area contributed by atoms with Gasteiger partial charge in [0, 0.05) is 6.54 Å². The van der Waals surface area contributed by atoms with E-state index in [1.807, 2.05) is 6.92 Å². The number of anilines is 1. The third kappa shape index (κ3) is 2.47. The van der Waals surface area contributed by atoms with Crippen molar-refractivity contribution >= 4 is 11.6 Å². The molecule has 3 nitrogen and oxygen atoms in total. The highest BCUT2D eigenvalue weighted by Crippen LogP contribution is 2.22. The van der Waals surface area contributed by atoms with Crippen molar-refractivity contribution in [3.05, 3.63) is 29.6 Å². The summed E-state index contributed by atoms with van der Waals surface area (Å²) in [6.45, 7) is 5.32. The first-order valence-electron chi connectivity index (χ1n) is 5.86. The van der Waals surface area contributed by atoms with Crippen molar-refractivity contribution in [1.82, 2.24) is 5.32 Å². The lowest BCUT2D eigenvalue weighted by atomic mass is 9.97. The molecule has 0 saturated carbocycles. The molecule has 92 valence electrons. The van der Waals surface area contributed by atoms with Crippen LogP contribution in [-0.2, 0) is 4.79 Å². The standard InChI is InChI=1S/C13H17FN2O/c1-8-4-3-5-11(14)12(8)16-13(17)10-7-15-6-9(10)2/h3-5,9-10,15H,6-7H2,1-2H3,(H,16,17)/t9-,10-/m1/s1. The molecule has 2 N–H and O–H groups in total. The van der Waals surface area contributed by atoms with E-state index in [0.29, 0.717) is 18.2 Å². The lowest BCUT2D eigenvalue weighted by Gasteiger charge is -2.15. The largest absolute Gasteiger partial charge is 0.323 e. The molecule has 17 heavy (non-hydrogen) atoms. The monoisotopic (exact) mass is 236 g/mol. The van der Waals surface area contributed by atoms with Gasteiger partial charge in [-0.1, -0.05) is 19.1 Å². The van der Waals surface area contributed by atoms with Gasteiger partial charge in [0.2, 0.25) is 5.91 Å². The van der Waals surface area contributed by atoms with Crippen LogP contribution in [0.1, 0.15) is 12.5 Å². The molecule has 0 radical (unpaired) electrons. The molecule has 1 saturated heterocycles. The number of nitrogens with one attached hydrogen (secondary N) is 2. The smallest absolute Gasteiger partial charge is 0.229 e. The van der Waals surface area contributed by atoms with Gasteiger partial charge in [-0.15, -0.1) is 0 Å². The quantitative estimate of drug-likeness (QED) is 0.823. The Bertz CT molecular complexity index is 413. The van der Waals surface area contributed by atoms with Crippen LogP contribution >= 0.6 is 0 Å². The zero-order valence-electron chi connectivity index (χ0n) is 10.1. The van der Waals surface area contributed by atoms with E-state index in [1.54, 1.807) is 19.1 Å². The average Bonchev–Trinajstić information content (AvgIpc) is 2.70. The van der Waals surface area contributed by atoms with E-state index in [1.165, 1.54) is 6.07 Å². The summed E-state index contributed by atoms with van der Waals surface area (Å²) >= 11 is 0. The number of hydrogen-bond donors (Lipinski definition) is 2. The maximum absolute atomic E-state index is 13.6. The Kier molecular flexibility index (Phi) is 3.43. The van der Waals surface area contributed by atoms with Crippen LogP contribution in [0.15, 0.2) is 18.2 Å². The number of carbonyl (C=O) groups is 1. The van der Waals surface area contributed by atoms with E-state index in [4.69, 9.17) is 0 Å². The summed E-state index contributed by atoms with van der Waals surface area (Å²) in [7, 11) is 0. The second-order valence-corrected chi connectivity index (χ2v) is 4.66. The minimum atomic E-state index is -0.378. The van der Waals surface area contributed by atoms with Crippen molar-refractivity contribution in [1.29, 1.82) is 0 Å². The van der Waals surface area contributed by atoms with Gasteiger partial charge in [-0.2, -0.15) is 0 Å². The number of rotatable bonds is 2. The summed E-state index contributed by atoms with van der Waals surface area (Å²) in [5.41, 5.74) is 1.05. The molecule has 0 bridgehead atoms. The van der Waals surface area contributed by atoms with Crippen LogP contribution in [0.4, 0.5) is 10.1 Å². The van der Waals surface area contributed by atoms with Crippen molar-refractivity contribution in [2.45, 2.75) is 13.8 Å². The lowest BCUT2D eigenvalue weighted by Crippen LogP contribution is -2.28. The summed E-state index contributed by atoms with van der Waals surface area (Å²) in [6.07, 6.45) is 0. The van der Waals surface area contributed by atoms with Gasteiger partial charge in [-0.05, 0) is 31.0 Å². The summed E-state index contributed by atoms with van der Waals surface area (Å²) in [6, 6.07) is 4.79. The lowest BCUT2D eigenvalue weighted by molar-refractivity contribution is -0.120. The second-order valence-electron chi connectivity index (χ2n) is 4.66. The maximum atomic E-state index is 13.6. The maximum Gasteiger partial charge on any atom is 0.229 e. The highest BCUT2D eigenvalue weighted by molar-refractivity contribution is 5.93. The Morgan fingerprint density at radius 1 is 1.47 bits per heavy atom. The van der Waals surface area contributed by atoms with Crippen LogP contribution < -0.4 is 10.6 Å². The predicted octanol–water partition coefficient (Wildman–Crippen LogP) is 1.93. The fourth-order valence-electron chi connectivity index (χ4n) is 2.17. The zero-order valence-corrected chi connectivity index (χ0v) is 10.1. The van der Waals surface area contributed by atoms with E-state index < -0.39 is 0 Å². The minimum Gasteiger partial charge on any atom is -0.323 e. The minimum absolute atomic E-state index is 0.0750. The first-order valence-corrected chi connectivity index (χ1v) is 5.86. The molecule has 0 unspecified atom stereocenters. The number of amides is 1. The van der Waals surface area contributed by atoms with Gasteiger partial charge < -0.3 is 10.6 Å². The highest BCUT2D eigenvalue weighted by Gasteiger charge is 2.30. The van der Waals surface area contributed by atoms with E-state index in [2.05, 4.69) is 10.6 Å². The molecule has 1 heterocycles. The molecule has 1 aromatic rings. The number of carbonyl (C=O) groups excluding carboxylic acids is 1. The molecule has 2 atom stereocenters. The Balaban J connectivity index is 2.13. The number of benzene rings is 1. The van der Waals surface area contributed by atoms with Crippen LogP contribution in [0.2, 0.25) is 0 Å². The van der Waals surface area contributed by atoms with E-state index in [0.717, 1.165) is 12.1 Å². The number of hydrogen-bond acceptors (Lipinski definition) is 2. The fraction of sp³-hybridized carbons (Fsp3) is 0.462. The van der Waals surface area contributed by atoms with Crippen LogP contribution in [-0.4, -0.2) is 19.0 Å². The zero-order chi connectivity index (χ0) is 12.4. The Morgan fingerprint density at radius 2 is 2.24 bits per heavy atom. The molecule has 0 aliphatic carbocycles. The highest BCUT2D eigenvalue weighted by atomic mass is 19.1. The Morgan fingerprint density at radius 3 is 2.82 bits per heavy atom. The average molecular weight is 236 g/mol. The molecule has 1 aliphatic heterocycles. The summed E-state index contributed by atoms with van der Waals surface area (Å²) in [5, 5.41) is 5.86. The number of halogens is 1. The van der Waals surface area contributed by atoms with E-state index in [9.17, 15) is 9.18 Å². The first kappa shape index (κ1) is 12.0. The summed E-state index contributed by atoms with van der Waals surface area (Å²) in [5.74, 6) is -0.260. The molecular formula is C13H17FN2O. The van der Waals surface area contributed by atoms with Crippen molar-refractivity contribution in [2.24, 2.45) is 11.8 Å². The molecular weight excluding hydrogens is 219 g/mol. The van der Waals surface area contributed by atoms with Crippen molar-refractivity contribution in [3.63, 3.8) is 0 Å². The topological polar surface area (TPSA) is 41.1 Å². The van der Waals surface area contributed by atoms with Gasteiger partial charge in [-0.3, -0.25) is 4.79 Å². The molecule has 1 aromatic carbocycles. The summed E-state index contributed by atoms with van der Waals surface area (Å²) in [4.78, 5) is 12.0. The second kappa shape index (κ2) is 4.84. The third-order valence-corrected chi connectivity index (χ3v) is 3.32. The van der Waals surface area contributed by atoms with Crippen LogP contribution in [0.25, 0.3) is 0 Å². The van der Waals surface area contributed by atoms with Gasteiger partial charge in [-0.25, -0.2) is 4.39 Å². The van der Waals surface area contributed by atoms with E-state index in [-0.39, 0.29) is 17.6 Å². The Labute approximate surface area is 100 Å². The molecule has 0 aromatic heterocycles. The first-order chi connectivity index (χ1) is 8.09. The molecule has 1 fully saturated rings. The van der Waals surface area contributed by atoms with Crippen molar-refractivity contribution in [3.8, 4) is 0 Å². The van der Waals surface area contributed by atoms with E-state index >= 15 is 0 Å². The molecule has 2 rings (SSSR count). The Hall–Kier alpha value is -1.42.